The Morgan fingerprint density at radius 1 is 1.39 bits per heavy atom. The monoisotopic (exact) mass is 314 g/mol. The maximum atomic E-state index is 11.9. The number of benzene rings is 1. The lowest BCUT2D eigenvalue weighted by Gasteiger charge is -2.31. The van der Waals surface area contributed by atoms with Gasteiger partial charge < -0.3 is 10.2 Å². The van der Waals surface area contributed by atoms with Gasteiger partial charge in [-0.2, -0.15) is 0 Å². The summed E-state index contributed by atoms with van der Waals surface area (Å²) in [6.07, 6.45) is 1.80. The number of primary amides is 1. The molecule has 1 aliphatic heterocycles. The van der Waals surface area contributed by atoms with Crippen LogP contribution in [-0.4, -0.2) is 23.9 Å². The molecule has 122 valence electrons. The molecule has 23 heavy (non-hydrogen) atoms. The van der Waals surface area contributed by atoms with Gasteiger partial charge in [-0.05, 0) is 49.9 Å². The standard InChI is InChI=1S/C18H22N2O3/c1-11-5-6-15-14(8-16(21)23-17(15)12(11)2)10-20-7-3-4-13(9-20)18(19)22/h5-6,8,13H,3-4,7,9-10H2,1-2H3,(H2,19,22)/t13-/m0/s1. The van der Waals surface area contributed by atoms with E-state index in [0.717, 1.165) is 41.5 Å². The van der Waals surface area contributed by atoms with Crippen LogP contribution in [-0.2, 0) is 11.3 Å². The number of hydrogen-bond acceptors (Lipinski definition) is 4. The highest BCUT2D eigenvalue weighted by atomic mass is 16.4. The van der Waals surface area contributed by atoms with E-state index in [9.17, 15) is 9.59 Å². The van der Waals surface area contributed by atoms with Gasteiger partial charge in [-0.15, -0.1) is 0 Å². The van der Waals surface area contributed by atoms with Crippen LogP contribution in [0.5, 0.6) is 0 Å². The molecule has 2 N–H and O–H groups in total. The van der Waals surface area contributed by atoms with E-state index in [-0.39, 0.29) is 17.5 Å². The molecule has 0 unspecified atom stereocenters. The van der Waals surface area contributed by atoms with E-state index in [1.54, 1.807) is 6.07 Å². The molecule has 1 aliphatic rings. The maximum Gasteiger partial charge on any atom is 0.336 e. The first-order chi connectivity index (χ1) is 11.0. The molecular weight excluding hydrogens is 292 g/mol. The van der Waals surface area contributed by atoms with Crippen LogP contribution >= 0.6 is 0 Å². The van der Waals surface area contributed by atoms with Crippen LogP contribution in [0.3, 0.4) is 0 Å². The Bertz CT molecular complexity index is 810. The molecule has 5 nitrogen and oxygen atoms in total. The third-order valence-corrected chi connectivity index (χ3v) is 4.82. The molecule has 0 saturated carbocycles. The summed E-state index contributed by atoms with van der Waals surface area (Å²) in [5.74, 6) is -0.335. The maximum absolute atomic E-state index is 11.9. The molecule has 3 rings (SSSR count). The van der Waals surface area contributed by atoms with Crippen LogP contribution in [0.25, 0.3) is 11.0 Å². The van der Waals surface area contributed by atoms with Crippen LogP contribution in [0.15, 0.2) is 27.4 Å². The van der Waals surface area contributed by atoms with Crippen molar-refractivity contribution in [1.82, 2.24) is 4.90 Å². The summed E-state index contributed by atoms with van der Waals surface area (Å²) in [5, 5.41) is 0.967. The minimum Gasteiger partial charge on any atom is -0.422 e. The Morgan fingerprint density at radius 2 is 2.17 bits per heavy atom. The quantitative estimate of drug-likeness (QED) is 0.880. The van der Waals surface area contributed by atoms with E-state index in [1.165, 1.54) is 0 Å². The van der Waals surface area contributed by atoms with Crippen LogP contribution in [0.1, 0.15) is 29.5 Å². The lowest BCUT2D eigenvalue weighted by Crippen LogP contribution is -2.40. The first-order valence-corrected chi connectivity index (χ1v) is 8.00. The molecule has 0 aliphatic carbocycles. The summed E-state index contributed by atoms with van der Waals surface area (Å²) < 4.78 is 5.41. The summed E-state index contributed by atoms with van der Waals surface area (Å²) in [6.45, 7) is 6.17. The first kappa shape index (κ1) is 15.7. The smallest absolute Gasteiger partial charge is 0.336 e. The van der Waals surface area contributed by atoms with Gasteiger partial charge in [-0.1, -0.05) is 12.1 Å². The number of rotatable bonds is 3. The number of amides is 1. The van der Waals surface area contributed by atoms with Gasteiger partial charge in [0.25, 0.3) is 0 Å². The van der Waals surface area contributed by atoms with Crippen molar-refractivity contribution in [2.45, 2.75) is 33.2 Å². The van der Waals surface area contributed by atoms with Gasteiger partial charge in [0, 0.05) is 24.5 Å². The van der Waals surface area contributed by atoms with Crippen molar-refractivity contribution in [1.29, 1.82) is 0 Å². The van der Waals surface area contributed by atoms with E-state index >= 15 is 0 Å². The predicted molar refractivity (Wildman–Crippen MR) is 89.2 cm³/mol. The minimum absolute atomic E-state index is 0.0980. The molecule has 0 spiro atoms. The SMILES string of the molecule is Cc1ccc2c(CN3CCC[C@H](C(N)=O)C3)cc(=O)oc2c1C. The van der Waals surface area contributed by atoms with Crippen molar-refractivity contribution in [3.63, 3.8) is 0 Å². The topological polar surface area (TPSA) is 76.5 Å². The minimum atomic E-state index is -0.329. The molecule has 1 aromatic heterocycles. The molecule has 5 heteroatoms. The second kappa shape index (κ2) is 6.16. The van der Waals surface area contributed by atoms with E-state index in [4.69, 9.17) is 10.2 Å². The molecule has 1 amide bonds. The zero-order valence-corrected chi connectivity index (χ0v) is 13.6. The highest BCUT2D eigenvalue weighted by Gasteiger charge is 2.24. The average Bonchev–Trinajstić information content (AvgIpc) is 2.51. The fraction of sp³-hybridized carbons (Fsp3) is 0.444. The molecule has 1 aromatic carbocycles. The third kappa shape index (κ3) is 3.15. The fourth-order valence-corrected chi connectivity index (χ4v) is 3.33. The van der Waals surface area contributed by atoms with Crippen molar-refractivity contribution in [3.8, 4) is 0 Å². The molecular formula is C18H22N2O3. The van der Waals surface area contributed by atoms with Gasteiger partial charge in [-0.3, -0.25) is 9.69 Å². The second-order valence-corrected chi connectivity index (χ2v) is 6.45. The zero-order valence-electron chi connectivity index (χ0n) is 13.6. The summed E-state index contributed by atoms with van der Waals surface area (Å²) >= 11 is 0. The average molecular weight is 314 g/mol. The van der Waals surface area contributed by atoms with Gasteiger partial charge >= 0.3 is 5.63 Å². The normalized spacial score (nSPS) is 19.1. The lowest BCUT2D eigenvalue weighted by molar-refractivity contribution is -0.123. The van der Waals surface area contributed by atoms with Gasteiger partial charge in [-0.25, -0.2) is 4.79 Å². The summed E-state index contributed by atoms with van der Waals surface area (Å²) in [4.78, 5) is 25.6. The van der Waals surface area contributed by atoms with Crippen LogP contribution in [0.4, 0.5) is 0 Å². The van der Waals surface area contributed by atoms with Crippen molar-refractivity contribution in [2.24, 2.45) is 11.7 Å². The number of fused-ring (bicyclic) bond motifs is 1. The number of hydrogen-bond donors (Lipinski definition) is 1. The van der Waals surface area contributed by atoms with Crippen molar-refractivity contribution in [2.75, 3.05) is 13.1 Å². The fourth-order valence-electron chi connectivity index (χ4n) is 3.33. The van der Waals surface area contributed by atoms with Crippen molar-refractivity contribution >= 4 is 16.9 Å². The largest absolute Gasteiger partial charge is 0.422 e. The zero-order chi connectivity index (χ0) is 16.6. The highest BCUT2D eigenvalue weighted by molar-refractivity contribution is 5.84. The van der Waals surface area contributed by atoms with Gasteiger partial charge in [0.2, 0.25) is 5.91 Å². The Labute approximate surface area is 135 Å². The first-order valence-electron chi connectivity index (χ1n) is 8.00. The second-order valence-electron chi connectivity index (χ2n) is 6.45. The van der Waals surface area contributed by atoms with Crippen molar-refractivity contribution < 1.29 is 9.21 Å². The molecule has 0 bridgehead atoms. The van der Waals surface area contributed by atoms with Crippen LogP contribution in [0, 0.1) is 19.8 Å². The van der Waals surface area contributed by atoms with Gasteiger partial charge in [0.1, 0.15) is 5.58 Å². The van der Waals surface area contributed by atoms with E-state index in [2.05, 4.69) is 4.90 Å². The Balaban J connectivity index is 1.95. The molecule has 1 atom stereocenters. The Kier molecular flexibility index (Phi) is 4.22. The Morgan fingerprint density at radius 3 is 2.91 bits per heavy atom. The number of likely N-dealkylation sites (tertiary alicyclic amines) is 1. The number of carbonyl (C=O) groups excluding carboxylic acids is 1. The molecule has 0 radical (unpaired) electrons. The molecule has 2 heterocycles. The number of nitrogens with zero attached hydrogens (tertiary/aromatic N) is 1. The van der Waals surface area contributed by atoms with Crippen molar-refractivity contribution in [3.05, 3.63) is 45.3 Å². The molecule has 1 fully saturated rings. The number of aryl methyl sites for hydroxylation is 2. The van der Waals surface area contributed by atoms with Crippen LogP contribution in [0.2, 0.25) is 0 Å². The van der Waals surface area contributed by atoms with Gasteiger partial charge in [0.05, 0.1) is 5.92 Å². The predicted octanol–water partition coefficient (Wildman–Crippen LogP) is 2.11. The lowest BCUT2D eigenvalue weighted by atomic mass is 9.96. The number of carbonyl (C=O) groups is 1. The Hall–Kier alpha value is -2.14. The molecule has 2 aromatic rings. The number of piperidine rings is 1. The third-order valence-electron chi connectivity index (χ3n) is 4.82. The highest BCUT2D eigenvalue weighted by Crippen LogP contribution is 2.25. The summed E-state index contributed by atoms with van der Waals surface area (Å²) in [6, 6.07) is 5.61. The summed E-state index contributed by atoms with van der Waals surface area (Å²) in [5.41, 5.74) is 8.82. The summed E-state index contributed by atoms with van der Waals surface area (Å²) in [7, 11) is 0. The van der Waals surface area contributed by atoms with E-state index in [1.807, 2.05) is 26.0 Å². The van der Waals surface area contributed by atoms with Gasteiger partial charge in [0.15, 0.2) is 0 Å². The number of nitrogens with two attached hydrogens (primary N) is 1. The van der Waals surface area contributed by atoms with E-state index < -0.39 is 0 Å². The molecule has 1 saturated heterocycles. The van der Waals surface area contributed by atoms with E-state index in [0.29, 0.717) is 18.7 Å². The van der Waals surface area contributed by atoms with Crippen LogP contribution < -0.4 is 11.4 Å².